The number of pyridine rings is 1. The molecule has 1 aliphatic heterocycles. The second-order valence-corrected chi connectivity index (χ2v) is 8.34. The highest BCUT2D eigenvalue weighted by Crippen LogP contribution is 2.22. The quantitative estimate of drug-likeness (QED) is 0.805. The third-order valence-electron chi connectivity index (χ3n) is 4.26. The highest BCUT2D eigenvalue weighted by Gasteiger charge is 2.30. The summed E-state index contributed by atoms with van der Waals surface area (Å²) in [7, 11) is -3.60. The van der Waals surface area contributed by atoms with Crippen LogP contribution < -0.4 is 10.5 Å². The summed E-state index contributed by atoms with van der Waals surface area (Å²) in [5.41, 5.74) is 5.69. The van der Waals surface area contributed by atoms with E-state index in [4.69, 9.17) is 10.5 Å². The molecule has 1 fully saturated rings. The van der Waals surface area contributed by atoms with Gasteiger partial charge in [0.1, 0.15) is 23.4 Å². The Morgan fingerprint density at radius 2 is 2.15 bits per heavy atom. The molecule has 2 aromatic rings. The van der Waals surface area contributed by atoms with E-state index in [9.17, 15) is 17.6 Å². The highest BCUT2D eigenvalue weighted by atomic mass is 32.2. The van der Waals surface area contributed by atoms with Crippen molar-refractivity contribution in [3.63, 3.8) is 0 Å². The molecule has 1 aliphatic rings. The van der Waals surface area contributed by atoms with Gasteiger partial charge in [-0.3, -0.25) is 9.78 Å². The Bertz CT molecular complexity index is 936. The first kappa shape index (κ1) is 19.2. The average Bonchev–Trinajstić information content (AvgIpc) is 2.62. The summed E-state index contributed by atoms with van der Waals surface area (Å²) in [5.74, 6) is -0.986. The van der Waals surface area contributed by atoms with E-state index in [1.165, 1.54) is 34.8 Å². The van der Waals surface area contributed by atoms with E-state index in [0.717, 1.165) is 0 Å². The van der Waals surface area contributed by atoms with Crippen molar-refractivity contribution in [3.05, 3.63) is 59.7 Å². The van der Waals surface area contributed by atoms with E-state index in [1.807, 2.05) is 0 Å². The van der Waals surface area contributed by atoms with Gasteiger partial charge in [-0.05, 0) is 36.6 Å². The first-order chi connectivity index (χ1) is 12.8. The number of halogens is 1. The lowest BCUT2D eigenvalue weighted by Gasteiger charge is -2.32. The van der Waals surface area contributed by atoms with Crippen LogP contribution in [0.2, 0.25) is 0 Å². The number of hydrogen-bond acceptors (Lipinski definition) is 5. The van der Waals surface area contributed by atoms with Crippen LogP contribution in [0.4, 0.5) is 4.39 Å². The number of aromatic nitrogens is 1. The minimum absolute atomic E-state index is 0.0823. The van der Waals surface area contributed by atoms with Gasteiger partial charge in [0.05, 0.1) is 12.3 Å². The molecule has 1 atom stereocenters. The Kier molecular flexibility index (Phi) is 5.71. The van der Waals surface area contributed by atoms with Crippen LogP contribution >= 0.6 is 0 Å². The van der Waals surface area contributed by atoms with Gasteiger partial charge >= 0.3 is 0 Å². The molecule has 144 valence electrons. The van der Waals surface area contributed by atoms with Crippen LogP contribution in [0.15, 0.2) is 42.6 Å². The number of nitrogens with zero attached hydrogens (tertiary/aromatic N) is 2. The van der Waals surface area contributed by atoms with Crippen molar-refractivity contribution in [2.75, 3.05) is 13.1 Å². The molecule has 0 spiro atoms. The molecule has 1 aromatic carbocycles. The number of hydrogen-bond donors (Lipinski definition) is 1. The predicted octanol–water partition coefficient (Wildman–Crippen LogP) is 1.69. The standard InChI is InChI=1S/C18H20FN3O4S/c19-14-4-1-3-13(9-14)12-27(24,25)22-8-2-5-16(11-22)26-15-6-7-21-17(10-15)18(20)23/h1,3-4,6-7,9-10,16H,2,5,8,11-12H2,(H2,20,23). The number of rotatable bonds is 6. The van der Waals surface area contributed by atoms with Crippen LogP contribution in [0, 0.1) is 5.82 Å². The predicted molar refractivity (Wildman–Crippen MR) is 97.0 cm³/mol. The molecule has 1 saturated heterocycles. The maximum Gasteiger partial charge on any atom is 0.267 e. The summed E-state index contributed by atoms with van der Waals surface area (Å²) in [5, 5.41) is 0. The fraction of sp³-hybridized carbons (Fsp3) is 0.333. The van der Waals surface area contributed by atoms with Gasteiger partial charge in [-0.25, -0.2) is 12.8 Å². The fourth-order valence-electron chi connectivity index (χ4n) is 2.99. The van der Waals surface area contributed by atoms with Crippen LogP contribution in [0.1, 0.15) is 28.9 Å². The van der Waals surface area contributed by atoms with Crippen molar-refractivity contribution in [2.45, 2.75) is 24.7 Å². The molecule has 0 aliphatic carbocycles. The number of amides is 1. The Morgan fingerprint density at radius 1 is 1.33 bits per heavy atom. The number of primary amides is 1. The molecule has 0 bridgehead atoms. The highest BCUT2D eigenvalue weighted by molar-refractivity contribution is 7.88. The van der Waals surface area contributed by atoms with Crippen LogP contribution in [-0.4, -0.2) is 42.8 Å². The lowest BCUT2D eigenvalue weighted by molar-refractivity contribution is 0.0993. The molecule has 1 amide bonds. The first-order valence-corrected chi connectivity index (χ1v) is 10.1. The summed E-state index contributed by atoms with van der Waals surface area (Å²) in [6.45, 7) is 0.576. The lowest BCUT2D eigenvalue weighted by atomic mass is 10.1. The van der Waals surface area contributed by atoms with Gasteiger partial charge in [-0.2, -0.15) is 4.31 Å². The van der Waals surface area contributed by atoms with Gasteiger partial charge in [0.25, 0.3) is 5.91 Å². The van der Waals surface area contributed by atoms with E-state index in [1.54, 1.807) is 12.1 Å². The van der Waals surface area contributed by atoms with E-state index >= 15 is 0 Å². The zero-order valence-electron chi connectivity index (χ0n) is 14.5. The number of carbonyl (C=O) groups excluding carboxylic acids is 1. The van der Waals surface area contributed by atoms with Crippen molar-refractivity contribution in [2.24, 2.45) is 5.73 Å². The van der Waals surface area contributed by atoms with Gasteiger partial charge in [-0.15, -0.1) is 0 Å². The van der Waals surface area contributed by atoms with Gasteiger partial charge in [0.2, 0.25) is 10.0 Å². The molecule has 0 saturated carbocycles. The van der Waals surface area contributed by atoms with Crippen molar-refractivity contribution >= 4 is 15.9 Å². The third kappa shape index (κ3) is 5.01. The van der Waals surface area contributed by atoms with Crippen LogP contribution in [-0.2, 0) is 15.8 Å². The molecule has 27 heavy (non-hydrogen) atoms. The van der Waals surface area contributed by atoms with E-state index in [-0.39, 0.29) is 24.1 Å². The first-order valence-electron chi connectivity index (χ1n) is 8.48. The summed E-state index contributed by atoms with van der Waals surface area (Å²) >= 11 is 0. The minimum atomic E-state index is -3.60. The summed E-state index contributed by atoms with van der Waals surface area (Å²) < 4.78 is 45.9. The Morgan fingerprint density at radius 3 is 2.89 bits per heavy atom. The maximum atomic E-state index is 13.3. The topological polar surface area (TPSA) is 103 Å². The Balaban J connectivity index is 1.68. The lowest BCUT2D eigenvalue weighted by Crippen LogP contribution is -2.44. The monoisotopic (exact) mass is 393 g/mol. The summed E-state index contributed by atoms with van der Waals surface area (Å²) in [4.78, 5) is 15.1. The number of sulfonamides is 1. The van der Waals surface area contributed by atoms with Crippen LogP contribution in [0.25, 0.3) is 0 Å². The second kappa shape index (κ2) is 8.01. The number of nitrogens with two attached hydrogens (primary N) is 1. The van der Waals surface area contributed by atoms with Crippen molar-refractivity contribution in [3.8, 4) is 5.75 Å². The third-order valence-corrected chi connectivity index (χ3v) is 6.08. The zero-order chi connectivity index (χ0) is 19.4. The Labute approximate surface area is 157 Å². The van der Waals surface area contributed by atoms with Crippen LogP contribution in [0.3, 0.4) is 0 Å². The van der Waals surface area contributed by atoms with Crippen LogP contribution in [0.5, 0.6) is 5.75 Å². The van der Waals surface area contributed by atoms with Gasteiger partial charge in [-0.1, -0.05) is 12.1 Å². The van der Waals surface area contributed by atoms with Gasteiger partial charge in [0.15, 0.2) is 0 Å². The normalized spacial score (nSPS) is 18.2. The largest absolute Gasteiger partial charge is 0.489 e. The van der Waals surface area contributed by atoms with E-state index in [0.29, 0.717) is 30.7 Å². The molecule has 2 N–H and O–H groups in total. The molecule has 2 heterocycles. The molecule has 3 rings (SSSR count). The van der Waals surface area contributed by atoms with Crippen molar-refractivity contribution in [1.29, 1.82) is 0 Å². The number of benzene rings is 1. The smallest absolute Gasteiger partial charge is 0.267 e. The maximum absolute atomic E-state index is 13.3. The molecular formula is C18H20FN3O4S. The summed E-state index contributed by atoms with van der Waals surface area (Å²) in [6.07, 6.45) is 2.38. The second-order valence-electron chi connectivity index (χ2n) is 6.37. The zero-order valence-corrected chi connectivity index (χ0v) is 15.4. The SMILES string of the molecule is NC(=O)c1cc(OC2CCCN(S(=O)(=O)Cc3cccc(F)c3)C2)ccn1. The molecule has 9 heteroatoms. The molecule has 7 nitrogen and oxygen atoms in total. The molecule has 0 radical (unpaired) electrons. The summed E-state index contributed by atoms with van der Waals surface area (Å²) in [6, 6.07) is 8.59. The van der Waals surface area contributed by atoms with Gasteiger partial charge in [0, 0.05) is 18.8 Å². The van der Waals surface area contributed by atoms with Crippen molar-refractivity contribution in [1.82, 2.24) is 9.29 Å². The number of ether oxygens (including phenoxy) is 1. The van der Waals surface area contributed by atoms with Gasteiger partial charge < -0.3 is 10.5 Å². The van der Waals surface area contributed by atoms with E-state index < -0.39 is 21.7 Å². The molecule has 1 unspecified atom stereocenters. The average molecular weight is 393 g/mol. The van der Waals surface area contributed by atoms with E-state index in [2.05, 4.69) is 4.98 Å². The Hall–Kier alpha value is -2.52. The number of piperidine rings is 1. The minimum Gasteiger partial charge on any atom is -0.489 e. The van der Waals surface area contributed by atoms with Crippen molar-refractivity contribution < 1.29 is 22.3 Å². The number of carbonyl (C=O) groups is 1. The molecular weight excluding hydrogens is 373 g/mol. The fourth-order valence-corrected chi connectivity index (χ4v) is 4.58. The molecule has 1 aromatic heterocycles.